The van der Waals surface area contributed by atoms with Crippen LogP contribution in [0.4, 0.5) is 18.3 Å². The minimum absolute atomic E-state index is 0.165. The lowest BCUT2D eigenvalue weighted by Crippen LogP contribution is -2.29. The molecule has 0 saturated heterocycles. The molecule has 1 amide bonds. The first-order valence-electron chi connectivity index (χ1n) is 6.54. The molecule has 13 heteroatoms. The van der Waals surface area contributed by atoms with Gasteiger partial charge in [0.2, 0.25) is 10.1 Å². The van der Waals surface area contributed by atoms with Crippen molar-refractivity contribution in [1.82, 2.24) is 15.2 Å². The normalized spacial score (nSPS) is 12.2. The number of nitrogens with zero attached hydrogens (tertiary/aromatic N) is 4. The van der Waals surface area contributed by atoms with Crippen LogP contribution in [0, 0.1) is 0 Å². The fraction of sp³-hybridized carbons (Fsp3) is 0.333. The van der Waals surface area contributed by atoms with Gasteiger partial charge in [-0.15, -0.1) is 10.2 Å². The Bertz CT molecular complexity index is 915. The van der Waals surface area contributed by atoms with Crippen molar-refractivity contribution in [3.05, 3.63) is 27.4 Å². The van der Waals surface area contributed by atoms with E-state index in [2.05, 4.69) is 31.1 Å². The number of rotatable bonds is 4. The largest absolute Gasteiger partial charge is 0.445 e. The summed E-state index contributed by atoms with van der Waals surface area (Å²) in [7, 11) is -2.62. The number of amides is 1. The zero-order chi connectivity index (χ0) is 19.0. The number of hydrogen-bond donors (Lipinski definition) is 0. The third kappa shape index (κ3) is 4.15. The van der Waals surface area contributed by atoms with E-state index < -0.39 is 32.6 Å². The molecule has 0 bridgehead atoms. The zero-order valence-corrected chi connectivity index (χ0v) is 15.9. The quantitative estimate of drug-likeness (QED) is 0.699. The number of carbonyl (C=O) groups excluding carboxylic acids is 1. The predicted octanol–water partition coefficient (Wildman–Crippen LogP) is 2.78. The molecule has 2 aromatic heterocycles. The molecule has 2 rings (SSSR count). The molecular weight excluding hydrogens is 449 g/mol. The molecule has 0 atom stereocenters. The third-order valence-corrected chi connectivity index (χ3v) is 6.21. The Labute approximate surface area is 152 Å². The van der Waals surface area contributed by atoms with Gasteiger partial charge in [0.05, 0.1) is 10.6 Å². The van der Waals surface area contributed by atoms with Gasteiger partial charge in [-0.1, -0.05) is 18.3 Å². The molecule has 25 heavy (non-hydrogen) atoms. The molecule has 0 aliphatic carbocycles. The van der Waals surface area contributed by atoms with Crippen LogP contribution < -0.4 is 4.90 Å². The molecule has 2 aromatic rings. The fourth-order valence-corrected chi connectivity index (χ4v) is 3.89. The van der Waals surface area contributed by atoms with Crippen LogP contribution in [-0.4, -0.2) is 42.3 Å². The lowest BCUT2D eigenvalue weighted by Gasteiger charge is -2.15. The molecule has 0 unspecified atom stereocenters. The van der Waals surface area contributed by atoms with Gasteiger partial charge in [0.1, 0.15) is 5.69 Å². The molecule has 0 aliphatic rings. The number of anilines is 1. The van der Waals surface area contributed by atoms with E-state index >= 15 is 0 Å². The topological polar surface area (TPSA) is 93.1 Å². The molecular formula is C12H10BrF3N4O3S2. The Balaban J connectivity index is 2.46. The highest BCUT2D eigenvalue weighted by Crippen LogP contribution is 2.34. The van der Waals surface area contributed by atoms with Gasteiger partial charge in [-0.25, -0.2) is 13.4 Å². The van der Waals surface area contributed by atoms with Crippen molar-refractivity contribution in [1.29, 1.82) is 0 Å². The van der Waals surface area contributed by atoms with Gasteiger partial charge in [-0.3, -0.25) is 9.69 Å². The van der Waals surface area contributed by atoms with Gasteiger partial charge >= 0.3 is 6.18 Å². The zero-order valence-electron chi connectivity index (χ0n) is 12.7. The fourth-order valence-electron chi connectivity index (χ4n) is 1.69. The second-order valence-electron chi connectivity index (χ2n) is 4.66. The van der Waals surface area contributed by atoms with E-state index in [9.17, 15) is 26.4 Å². The molecule has 136 valence electrons. The molecule has 0 N–H and O–H groups in total. The predicted molar refractivity (Wildman–Crippen MR) is 87.3 cm³/mol. The van der Waals surface area contributed by atoms with E-state index in [1.165, 1.54) is 19.2 Å². The van der Waals surface area contributed by atoms with Crippen LogP contribution in [-0.2, 0) is 16.0 Å². The number of sulfone groups is 1. The number of hydrogen-bond acceptors (Lipinski definition) is 7. The monoisotopic (exact) mass is 458 g/mol. The van der Waals surface area contributed by atoms with Crippen LogP contribution in [0.2, 0.25) is 0 Å². The van der Waals surface area contributed by atoms with Crippen molar-refractivity contribution < 1.29 is 26.4 Å². The summed E-state index contributed by atoms with van der Waals surface area (Å²) in [5.74, 6) is -1.18. The minimum Gasteiger partial charge on any atom is -0.284 e. The molecule has 0 spiro atoms. The summed E-state index contributed by atoms with van der Waals surface area (Å²) in [5.41, 5.74) is -0.406. The maximum Gasteiger partial charge on any atom is 0.445 e. The first-order chi connectivity index (χ1) is 11.5. The summed E-state index contributed by atoms with van der Waals surface area (Å²) in [5, 5.41) is 4.77. The van der Waals surface area contributed by atoms with Crippen LogP contribution >= 0.6 is 27.3 Å². The van der Waals surface area contributed by atoms with Crippen molar-refractivity contribution >= 4 is 48.1 Å². The Kier molecular flexibility index (Phi) is 5.49. The maximum atomic E-state index is 12.6. The lowest BCUT2D eigenvalue weighted by atomic mass is 10.3. The molecule has 0 aliphatic heterocycles. The van der Waals surface area contributed by atoms with Crippen LogP contribution in [0.25, 0.3) is 0 Å². The number of alkyl halides is 3. The van der Waals surface area contributed by atoms with Crippen molar-refractivity contribution in [2.75, 3.05) is 17.7 Å². The maximum absolute atomic E-state index is 12.6. The number of halogens is 4. The number of aromatic nitrogens is 3. The minimum atomic E-state index is -4.69. The average molecular weight is 459 g/mol. The van der Waals surface area contributed by atoms with E-state index in [1.54, 1.807) is 0 Å². The van der Waals surface area contributed by atoms with Crippen LogP contribution in [0.1, 0.15) is 22.4 Å². The van der Waals surface area contributed by atoms with Crippen LogP contribution in [0.5, 0.6) is 0 Å². The molecule has 0 saturated carbocycles. The van der Waals surface area contributed by atoms with Gasteiger partial charge in [0.25, 0.3) is 5.91 Å². The summed E-state index contributed by atoms with van der Waals surface area (Å²) in [6.07, 6.45) is -3.47. The van der Waals surface area contributed by atoms with E-state index in [0.717, 1.165) is 11.9 Å². The van der Waals surface area contributed by atoms with Crippen molar-refractivity contribution in [3.63, 3.8) is 0 Å². The third-order valence-electron chi connectivity index (χ3n) is 2.99. The van der Waals surface area contributed by atoms with E-state index in [4.69, 9.17) is 0 Å². The second kappa shape index (κ2) is 6.96. The Hall–Kier alpha value is -1.60. The summed E-state index contributed by atoms with van der Waals surface area (Å²) in [6, 6.07) is 1.22. The van der Waals surface area contributed by atoms with E-state index in [0.29, 0.717) is 4.47 Å². The van der Waals surface area contributed by atoms with Crippen molar-refractivity contribution in [2.45, 2.75) is 18.0 Å². The van der Waals surface area contributed by atoms with E-state index in [1.807, 2.05) is 0 Å². The average Bonchev–Trinajstić information content (AvgIpc) is 3.03. The highest BCUT2D eigenvalue weighted by molar-refractivity contribution is 9.10. The molecule has 0 radical (unpaired) electrons. The van der Waals surface area contributed by atoms with Crippen LogP contribution in [0.3, 0.4) is 0 Å². The standard InChI is InChI=1S/C12H10BrF3N4O3S2/c1-3-25(22,23)7-4-6(13)5-17-8(7)9(21)20(2)11-19-18-10(24-11)12(14,15)16/h4-5H,3H2,1-2H3. The Morgan fingerprint density at radius 1 is 1.36 bits per heavy atom. The van der Waals surface area contributed by atoms with Crippen molar-refractivity contribution in [3.8, 4) is 0 Å². The van der Waals surface area contributed by atoms with Gasteiger partial charge < -0.3 is 0 Å². The number of pyridine rings is 1. The van der Waals surface area contributed by atoms with E-state index in [-0.39, 0.29) is 27.1 Å². The van der Waals surface area contributed by atoms with Gasteiger partial charge in [0.15, 0.2) is 9.84 Å². The Morgan fingerprint density at radius 3 is 2.52 bits per heavy atom. The lowest BCUT2D eigenvalue weighted by molar-refractivity contribution is -0.138. The van der Waals surface area contributed by atoms with Gasteiger partial charge in [0, 0.05) is 17.7 Å². The molecule has 2 heterocycles. The summed E-state index contributed by atoms with van der Waals surface area (Å²) >= 11 is 3.24. The van der Waals surface area contributed by atoms with Crippen molar-refractivity contribution in [2.24, 2.45) is 0 Å². The first kappa shape index (κ1) is 19.7. The highest BCUT2D eigenvalue weighted by Gasteiger charge is 2.37. The van der Waals surface area contributed by atoms with Gasteiger partial charge in [-0.05, 0) is 22.0 Å². The smallest absolute Gasteiger partial charge is 0.284 e. The Morgan fingerprint density at radius 2 is 2.00 bits per heavy atom. The summed E-state index contributed by atoms with van der Waals surface area (Å²) in [4.78, 5) is 16.8. The summed E-state index contributed by atoms with van der Waals surface area (Å²) < 4.78 is 62.5. The van der Waals surface area contributed by atoms with Crippen LogP contribution in [0.15, 0.2) is 21.6 Å². The second-order valence-corrected chi connectivity index (χ2v) is 8.77. The SMILES string of the molecule is CCS(=O)(=O)c1cc(Br)cnc1C(=O)N(C)c1nnc(C(F)(F)F)s1. The summed E-state index contributed by atoms with van der Waals surface area (Å²) in [6.45, 7) is 1.40. The molecule has 0 fully saturated rings. The highest BCUT2D eigenvalue weighted by atomic mass is 79.9. The first-order valence-corrected chi connectivity index (χ1v) is 9.80. The van der Waals surface area contributed by atoms with Gasteiger partial charge in [-0.2, -0.15) is 13.2 Å². The molecule has 7 nitrogen and oxygen atoms in total. The number of carbonyl (C=O) groups is 1. The molecule has 0 aromatic carbocycles.